The minimum atomic E-state index is -0.572. The fourth-order valence-electron chi connectivity index (χ4n) is 2.20. The molecule has 0 bridgehead atoms. The molecular weight excluding hydrogens is 386 g/mol. The highest BCUT2D eigenvalue weighted by Crippen LogP contribution is 2.27. The van der Waals surface area contributed by atoms with Crippen LogP contribution in [-0.2, 0) is 11.3 Å². The average molecular weight is 408 g/mol. The Morgan fingerprint density at radius 1 is 1.20 bits per heavy atom. The van der Waals surface area contributed by atoms with Crippen molar-refractivity contribution in [3.8, 4) is 11.5 Å². The molecule has 0 heterocycles. The quantitative estimate of drug-likeness (QED) is 0.701. The molecule has 0 radical (unpaired) electrons. The third-order valence-corrected chi connectivity index (χ3v) is 3.84. The number of halogens is 1. The summed E-state index contributed by atoms with van der Waals surface area (Å²) in [5, 5.41) is 13.1. The molecule has 5 nitrogen and oxygen atoms in total. The number of benzene rings is 2. The number of methoxy groups -OCH3 is 1. The van der Waals surface area contributed by atoms with Gasteiger partial charge in [-0.2, -0.15) is 0 Å². The fourth-order valence-corrected chi connectivity index (χ4v) is 2.60. The van der Waals surface area contributed by atoms with E-state index in [-0.39, 0.29) is 5.75 Å². The number of aromatic hydroxyl groups is 1. The first-order valence-corrected chi connectivity index (χ1v) is 8.61. The van der Waals surface area contributed by atoms with Gasteiger partial charge in [0.05, 0.1) is 7.11 Å². The molecule has 0 saturated carbocycles. The third-order valence-electron chi connectivity index (χ3n) is 3.34. The molecule has 2 N–H and O–H groups in total. The van der Waals surface area contributed by atoms with Crippen LogP contribution in [0.2, 0.25) is 0 Å². The predicted octanol–water partition coefficient (Wildman–Crippen LogP) is 4.73. The number of phenolic OH excluding ortho intramolecular Hbond substituents is 1. The maximum Gasteiger partial charge on any atom is 0.342 e. The van der Waals surface area contributed by atoms with Crippen LogP contribution in [0.15, 0.2) is 40.9 Å². The molecular formula is C19H22BrNO4. The maximum atomic E-state index is 12.3. The van der Waals surface area contributed by atoms with E-state index >= 15 is 0 Å². The second-order valence-electron chi connectivity index (χ2n) is 6.54. The number of carbonyl (C=O) groups excluding carboxylic acids is 1. The molecule has 0 saturated heterocycles. The maximum absolute atomic E-state index is 12.3. The van der Waals surface area contributed by atoms with Crippen molar-refractivity contribution in [2.24, 2.45) is 0 Å². The second kappa shape index (κ2) is 7.78. The van der Waals surface area contributed by atoms with Crippen LogP contribution >= 0.6 is 15.9 Å². The van der Waals surface area contributed by atoms with E-state index in [1.807, 2.05) is 26.8 Å². The number of esters is 1. The number of carbonyl (C=O) groups is 1. The minimum absolute atomic E-state index is 0.216. The Morgan fingerprint density at radius 2 is 1.92 bits per heavy atom. The van der Waals surface area contributed by atoms with Crippen LogP contribution in [0.5, 0.6) is 11.5 Å². The van der Waals surface area contributed by atoms with Crippen molar-refractivity contribution in [1.82, 2.24) is 0 Å². The van der Waals surface area contributed by atoms with Crippen molar-refractivity contribution in [3.05, 3.63) is 52.0 Å². The highest BCUT2D eigenvalue weighted by molar-refractivity contribution is 9.10. The minimum Gasteiger partial charge on any atom is -0.508 e. The largest absolute Gasteiger partial charge is 0.508 e. The Hall–Kier alpha value is -2.21. The van der Waals surface area contributed by atoms with Crippen LogP contribution in [0.25, 0.3) is 0 Å². The summed E-state index contributed by atoms with van der Waals surface area (Å²) in [6.07, 6.45) is 0. The zero-order valence-corrected chi connectivity index (χ0v) is 16.3. The molecule has 0 atom stereocenters. The van der Waals surface area contributed by atoms with Crippen molar-refractivity contribution in [1.29, 1.82) is 0 Å². The highest BCUT2D eigenvalue weighted by Gasteiger charge is 2.21. The Bertz CT molecular complexity index is 769. The topological polar surface area (TPSA) is 67.8 Å². The van der Waals surface area contributed by atoms with Gasteiger partial charge in [0.1, 0.15) is 22.7 Å². The molecule has 25 heavy (non-hydrogen) atoms. The van der Waals surface area contributed by atoms with Crippen molar-refractivity contribution < 1.29 is 19.4 Å². The van der Waals surface area contributed by atoms with Gasteiger partial charge in [-0.3, -0.25) is 0 Å². The van der Waals surface area contributed by atoms with Gasteiger partial charge in [0.15, 0.2) is 0 Å². The van der Waals surface area contributed by atoms with Crippen molar-refractivity contribution in [2.45, 2.75) is 32.9 Å². The number of hydrogen-bond donors (Lipinski definition) is 2. The van der Waals surface area contributed by atoms with Gasteiger partial charge >= 0.3 is 5.97 Å². The smallest absolute Gasteiger partial charge is 0.342 e. The van der Waals surface area contributed by atoms with E-state index in [4.69, 9.17) is 9.47 Å². The molecule has 0 aromatic heterocycles. The molecule has 2 rings (SSSR count). The van der Waals surface area contributed by atoms with Gasteiger partial charge in [0.25, 0.3) is 0 Å². The average Bonchev–Trinajstić information content (AvgIpc) is 2.53. The van der Waals surface area contributed by atoms with Gasteiger partial charge in [0.2, 0.25) is 0 Å². The first-order valence-electron chi connectivity index (χ1n) is 7.82. The number of nitrogens with one attached hydrogen (secondary N) is 1. The van der Waals surface area contributed by atoms with E-state index in [2.05, 4.69) is 21.2 Å². The van der Waals surface area contributed by atoms with Gasteiger partial charge in [0, 0.05) is 28.3 Å². The molecule has 0 aliphatic carbocycles. The van der Waals surface area contributed by atoms with Crippen molar-refractivity contribution in [2.75, 3.05) is 12.4 Å². The van der Waals surface area contributed by atoms with E-state index in [1.54, 1.807) is 30.3 Å². The summed E-state index contributed by atoms with van der Waals surface area (Å²) in [7, 11) is 1.51. The van der Waals surface area contributed by atoms with E-state index in [1.165, 1.54) is 7.11 Å². The number of rotatable bonds is 5. The summed E-state index contributed by atoms with van der Waals surface area (Å²) in [6.45, 7) is 5.88. The number of anilines is 1. The molecule has 0 amide bonds. The Balaban J connectivity index is 2.15. The Kier molecular flexibility index (Phi) is 5.95. The molecule has 2 aromatic carbocycles. The van der Waals surface area contributed by atoms with Crippen molar-refractivity contribution >= 4 is 27.6 Å². The lowest BCUT2D eigenvalue weighted by molar-refractivity contribution is 0.00666. The number of hydrogen-bond acceptors (Lipinski definition) is 5. The van der Waals surface area contributed by atoms with Crippen LogP contribution in [0, 0.1) is 0 Å². The zero-order chi connectivity index (χ0) is 18.6. The first-order chi connectivity index (χ1) is 11.7. The molecule has 2 aromatic rings. The second-order valence-corrected chi connectivity index (χ2v) is 7.46. The van der Waals surface area contributed by atoms with E-state index in [0.29, 0.717) is 17.9 Å². The lowest BCUT2D eigenvalue weighted by atomic mass is 10.1. The normalized spacial score (nSPS) is 11.1. The van der Waals surface area contributed by atoms with Crippen LogP contribution in [0.3, 0.4) is 0 Å². The number of phenols is 1. The first kappa shape index (κ1) is 19.1. The summed E-state index contributed by atoms with van der Waals surface area (Å²) in [5.74, 6) is 0.214. The van der Waals surface area contributed by atoms with E-state index in [0.717, 1.165) is 15.7 Å². The van der Waals surface area contributed by atoms with Gasteiger partial charge in [-0.05, 0) is 51.1 Å². The van der Waals surface area contributed by atoms with Crippen LogP contribution in [0.4, 0.5) is 5.69 Å². The van der Waals surface area contributed by atoms with Gasteiger partial charge in [-0.15, -0.1) is 0 Å². The third kappa shape index (κ3) is 5.39. The van der Waals surface area contributed by atoms with E-state index < -0.39 is 11.6 Å². The molecule has 0 spiro atoms. The lowest BCUT2D eigenvalue weighted by Gasteiger charge is -2.20. The molecule has 0 unspecified atom stereocenters. The summed E-state index contributed by atoms with van der Waals surface area (Å²) in [5.41, 5.74) is 1.32. The molecule has 0 fully saturated rings. The number of ether oxygens (including phenoxy) is 2. The van der Waals surface area contributed by atoms with Gasteiger partial charge in [-0.1, -0.05) is 15.9 Å². The summed E-state index contributed by atoms with van der Waals surface area (Å²) in [6, 6.07) is 10.4. The summed E-state index contributed by atoms with van der Waals surface area (Å²) >= 11 is 3.38. The molecule has 0 aliphatic heterocycles. The SMILES string of the molecule is COc1cc(NCc2cc(Br)ccc2O)ccc1C(=O)OC(C)(C)C. The zero-order valence-electron chi connectivity index (χ0n) is 14.7. The van der Waals surface area contributed by atoms with Gasteiger partial charge < -0.3 is 19.9 Å². The highest BCUT2D eigenvalue weighted by atomic mass is 79.9. The Morgan fingerprint density at radius 3 is 2.56 bits per heavy atom. The molecule has 6 heteroatoms. The lowest BCUT2D eigenvalue weighted by Crippen LogP contribution is -2.24. The van der Waals surface area contributed by atoms with Crippen LogP contribution in [-0.4, -0.2) is 23.8 Å². The summed E-state index contributed by atoms with van der Waals surface area (Å²) < 4.78 is 11.6. The monoisotopic (exact) mass is 407 g/mol. The fraction of sp³-hybridized carbons (Fsp3) is 0.316. The summed E-state index contributed by atoms with van der Waals surface area (Å²) in [4.78, 5) is 12.3. The van der Waals surface area contributed by atoms with E-state index in [9.17, 15) is 9.90 Å². The predicted molar refractivity (Wildman–Crippen MR) is 101 cm³/mol. The van der Waals surface area contributed by atoms with Crippen molar-refractivity contribution in [3.63, 3.8) is 0 Å². The molecule has 0 aliphatic rings. The van der Waals surface area contributed by atoms with Crippen LogP contribution in [0.1, 0.15) is 36.7 Å². The Labute approximate surface area is 156 Å². The van der Waals surface area contributed by atoms with Gasteiger partial charge in [-0.25, -0.2) is 4.79 Å². The standard InChI is InChI=1S/C19H22BrNO4/c1-19(2,3)25-18(23)15-7-6-14(10-17(15)24-4)21-11-12-9-13(20)5-8-16(12)22/h5-10,21-22H,11H2,1-4H3. The van der Waals surface area contributed by atoms with Crippen LogP contribution < -0.4 is 10.1 Å². The molecule has 134 valence electrons.